The van der Waals surface area contributed by atoms with Crippen LogP contribution in [0.2, 0.25) is 0 Å². The van der Waals surface area contributed by atoms with E-state index in [4.69, 9.17) is 0 Å². The molecular weight excluding hydrogens is 216 g/mol. The lowest BCUT2D eigenvalue weighted by molar-refractivity contribution is 0.0454. The fraction of sp³-hybridized carbons (Fsp3) is 0.0769. The molecule has 2 N–H and O–H groups in total. The van der Waals surface area contributed by atoms with Gasteiger partial charge in [0.1, 0.15) is 5.69 Å². The molecule has 17 heavy (non-hydrogen) atoms. The fourth-order valence-electron chi connectivity index (χ4n) is 1.99. The molecule has 0 fully saturated rings. The smallest absolute Gasteiger partial charge is 0.245 e. The maximum Gasteiger partial charge on any atom is 0.245 e. The molecule has 0 spiro atoms. The third kappa shape index (κ3) is 1.34. The van der Waals surface area contributed by atoms with Crippen molar-refractivity contribution in [1.82, 2.24) is 4.98 Å². The Balaban J connectivity index is 2.12. The van der Waals surface area contributed by atoms with E-state index < -0.39 is 5.72 Å². The topological polar surface area (TPSA) is 62.2 Å². The van der Waals surface area contributed by atoms with Gasteiger partial charge in [0, 0.05) is 17.4 Å². The molecule has 1 aliphatic heterocycles. The maximum absolute atomic E-state index is 12.2. The standard InChI is InChI=1S/C13H10N2O2/c16-12-9-5-1-2-6-10(9)15-13(12,17)11-7-3-4-8-14-11/h1-8,15,17H/t13-/m0/s1. The quantitative estimate of drug-likeness (QED) is 0.774. The highest BCUT2D eigenvalue weighted by Crippen LogP contribution is 2.36. The SMILES string of the molecule is O=C1c2ccccc2N[C@]1(O)c1ccccn1. The number of hydrogen-bond donors (Lipinski definition) is 2. The molecule has 84 valence electrons. The van der Waals surface area contributed by atoms with E-state index in [2.05, 4.69) is 10.3 Å². The van der Waals surface area contributed by atoms with Crippen LogP contribution < -0.4 is 5.32 Å². The van der Waals surface area contributed by atoms with Crippen LogP contribution in [-0.4, -0.2) is 15.9 Å². The second kappa shape index (κ2) is 3.40. The Kier molecular flexibility index (Phi) is 2.00. The van der Waals surface area contributed by atoms with E-state index in [1.807, 2.05) is 6.07 Å². The number of benzene rings is 1. The van der Waals surface area contributed by atoms with E-state index >= 15 is 0 Å². The van der Waals surface area contributed by atoms with Crippen LogP contribution in [0, 0.1) is 0 Å². The summed E-state index contributed by atoms with van der Waals surface area (Å²) < 4.78 is 0. The van der Waals surface area contributed by atoms with Gasteiger partial charge < -0.3 is 10.4 Å². The summed E-state index contributed by atoms with van der Waals surface area (Å²) in [5.74, 6) is -0.369. The number of carbonyl (C=O) groups is 1. The number of rotatable bonds is 1. The molecule has 0 amide bonds. The summed E-state index contributed by atoms with van der Waals surface area (Å²) in [6.45, 7) is 0. The molecule has 1 atom stereocenters. The van der Waals surface area contributed by atoms with Gasteiger partial charge in [-0.3, -0.25) is 9.78 Å². The third-order valence-electron chi connectivity index (χ3n) is 2.85. The van der Waals surface area contributed by atoms with Crippen molar-refractivity contribution < 1.29 is 9.90 Å². The van der Waals surface area contributed by atoms with E-state index in [1.165, 1.54) is 0 Å². The van der Waals surface area contributed by atoms with Crippen molar-refractivity contribution in [2.75, 3.05) is 5.32 Å². The first-order valence-corrected chi connectivity index (χ1v) is 5.28. The molecule has 0 saturated carbocycles. The molecule has 1 aromatic carbocycles. The Morgan fingerprint density at radius 3 is 2.59 bits per heavy atom. The molecule has 1 aromatic heterocycles. The first-order chi connectivity index (χ1) is 8.22. The summed E-state index contributed by atoms with van der Waals surface area (Å²) in [6.07, 6.45) is 1.55. The minimum Gasteiger partial charge on any atom is -0.360 e. The molecule has 4 nitrogen and oxygen atoms in total. The predicted molar refractivity (Wildman–Crippen MR) is 62.5 cm³/mol. The van der Waals surface area contributed by atoms with Crippen LogP contribution in [0.15, 0.2) is 48.7 Å². The van der Waals surface area contributed by atoms with Crippen LogP contribution in [0.1, 0.15) is 16.1 Å². The number of anilines is 1. The number of Topliss-reactive ketones (excluding diaryl/α,β-unsaturated/α-hetero) is 1. The van der Waals surface area contributed by atoms with Crippen molar-refractivity contribution in [3.8, 4) is 0 Å². The van der Waals surface area contributed by atoms with Gasteiger partial charge in [0.25, 0.3) is 0 Å². The molecule has 3 rings (SSSR count). The first kappa shape index (κ1) is 9.99. The van der Waals surface area contributed by atoms with Crippen molar-refractivity contribution in [3.63, 3.8) is 0 Å². The van der Waals surface area contributed by atoms with Gasteiger partial charge in [0.15, 0.2) is 0 Å². The fourth-order valence-corrected chi connectivity index (χ4v) is 1.99. The van der Waals surface area contributed by atoms with Crippen LogP contribution >= 0.6 is 0 Å². The molecule has 2 aromatic rings. The highest BCUT2D eigenvalue weighted by Gasteiger charge is 2.46. The second-order valence-corrected chi connectivity index (χ2v) is 3.93. The van der Waals surface area contributed by atoms with Gasteiger partial charge in [-0.2, -0.15) is 0 Å². The van der Waals surface area contributed by atoms with Crippen LogP contribution in [0.4, 0.5) is 5.69 Å². The number of fused-ring (bicyclic) bond motifs is 1. The van der Waals surface area contributed by atoms with E-state index in [9.17, 15) is 9.90 Å². The number of ketones is 1. The van der Waals surface area contributed by atoms with Gasteiger partial charge >= 0.3 is 0 Å². The van der Waals surface area contributed by atoms with Crippen LogP contribution in [0.25, 0.3) is 0 Å². The number of hydrogen-bond acceptors (Lipinski definition) is 4. The third-order valence-corrected chi connectivity index (χ3v) is 2.85. The Bertz CT molecular complexity index is 583. The lowest BCUT2D eigenvalue weighted by Gasteiger charge is -2.20. The predicted octanol–water partition coefficient (Wildman–Crippen LogP) is 1.54. The summed E-state index contributed by atoms with van der Waals surface area (Å²) in [7, 11) is 0. The highest BCUT2D eigenvalue weighted by molar-refractivity contribution is 6.12. The minimum atomic E-state index is -1.75. The average molecular weight is 226 g/mol. The molecule has 0 unspecified atom stereocenters. The van der Waals surface area contributed by atoms with Crippen molar-refractivity contribution in [3.05, 3.63) is 59.9 Å². The first-order valence-electron chi connectivity index (χ1n) is 5.28. The zero-order valence-electron chi connectivity index (χ0n) is 8.92. The molecular formula is C13H10N2O2. The number of nitrogens with one attached hydrogen (secondary N) is 1. The number of aliphatic hydroxyl groups is 1. The Hall–Kier alpha value is -2.20. The Labute approximate surface area is 97.9 Å². The van der Waals surface area contributed by atoms with Crippen LogP contribution in [0.5, 0.6) is 0 Å². The molecule has 0 saturated heterocycles. The minimum absolute atomic E-state index is 0.307. The Morgan fingerprint density at radius 1 is 1.12 bits per heavy atom. The van der Waals surface area contributed by atoms with Gasteiger partial charge in [0.2, 0.25) is 11.5 Å². The van der Waals surface area contributed by atoms with E-state index in [-0.39, 0.29) is 5.78 Å². The number of para-hydroxylation sites is 1. The highest BCUT2D eigenvalue weighted by atomic mass is 16.3. The number of nitrogens with zero attached hydrogens (tertiary/aromatic N) is 1. The number of pyridine rings is 1. The van der Waals surface area contributed by atoms with E-state index in [1.54, 1.807) is 42.6 Å². The average Bonchev–Trinajstić information content (AvgIpc) is 2.65. The summed E-state index contributed by atoms with van der Waals surface area (Å²) in [5.41, 5.74) is -0.321. The molecule has 4 heteroatoms. The normalized spacial score (nSPS) is 22.1. The zero-order chi connectivity index (χ0) is 11.9. The van der Waals surface area contributed by atoms with E-state index in [0.29, 0.717) is 16.9 Å². The molecule has 0 aliphatic carbocycles. The largest absolute Gasteiger partial charge is 0.360 e. The van der Waals surface area contributed by atoms with Crippen LogP contribution in [0.3, 0.4) is 0 Å². The molecule has 0 radical (unpaired) electrons. The number of aromatic nitrogens is 1. The second-order valence-electron chi connectivity index (χ2n) is 3.93. The zero-order valence-corrected chi connectivity index (χ0v) is 8.92. The summed E-state index contributed by atoms with van der Waals surface area (Å²) in [4.78, 5) is 16.2. The maximum atomic E-state index is 12.2. The molecule has 1 aliphatic rings. The van der Waals surface area contributed by atoms with Gasteiger partial charge in [-0.1, -0.05) is 18.2 Å². The van der Waals surface area contributed by atoms with Crippen molar-refractivity contribution >= 4 is 11.5 Å². The van der Waals surface area contributed by atoms with Crippen LogP contribution in [-0.2, 0) is 5.72 Å². The monoisotopic (exact) mass is 226 g/mol. The van der Waals surface area contributed by atoms with Gasteiger partial charge in [-0.15, -0.1) is 0 Å². The molecule has 0 bridgehead atoms. The van der Waals surface area contributed by atoms with Crippen molar-refractivity contribution in [2.45, 2.75) is 5.72 Å². The Morgan fingerprint density at radius 2 is 1.88 bits per heavy atom. The summed E-state index contributed by atoms with van der Waals surface area (Å²) in [5, 5.41) is 13.2. The summed E-state index contributed by atoms with van der Waals surface area (Å²) in [6, 6.07) is 12.1. The lowest BCUT2D eigenvalue weighted by Crippen LogP contribution is -2.39. The van der Waals surface area contributed by atoms with Gasteiger partial charge in [-0.05, 0) is 24.3 Å². The van der Waals surface area contributed by atoms with Crippen molar-refractivity contribution in [2.24, 2.45) is 0 Å². The van der Waals surface area contributed by atoms with Gasteiger partial charge in [-0.25, -0.2) is 0 Å². The lowest BCUT2D eigenvalue weighted by atomic mass is 10.0. The van der Waals surface area contributed by atoms with Gasteiger partial charge in [0.05, 0.1) is 0 Å². The number of carbonyl (C=O) groups excluding carboxylic acids is 1. The van der Waals surface area contributed by atoms with Crippen molar-refractivity contribution in [1.29, 1.82) is 0 Å². The molecule has 2 heterocycles. The van der Waals surface area contributed by atoms with E-state index in [0.717, 1.165) is 0 Å². The summed E-state index contributed by atoms with van der Waals surface area (Å²) >= 11 is 0.